The van der Waals surface area contributed by atoms with E-state index in [9.17, 15) is 21.6 Å². The number of methoxy groups -OCH3 is 1. The van der Waals surface area contributed by atoms with Gasteiger partial charge in [-0.2, -0.15) is 21.6 Å². The van der Waals surface area contributed by atoms with E-state index < -0.39 is 15.6 Å². The minimum absolute atomic E-state index is 0.0708. The van der Waals surface area contributed by atoms with Crippen LogP contribution in [0.25, 0.3) is 0 Å². The van der Waals surface area contributed by atoms with Gasteiger partial charge in [-0.05, 0) is 30.3 Å². The van der Waals surface area contributed by atoms with Crippen molar-refractivity contribution in [3.05, 3.63) is 36.1 Å². The molecule has 24 heavy (non-hydrogen) atoms. The monoisotopic (exact) mass is 367 g/mol. The van der Waals surface area contributed by atoms with E-state index in [-0.39, 0.29) is 18.7 Å². The molecule has 0 radical (unpaired) electrons. The maximum absolute atomic E-state index is 12.2. The molecule has 1 heterocycles. The van der Waals surface area contributed by atoms with Gasteiger partial charge in [-0.25, -0.2) is 0 Å². The molecule has 1 aromatic rings. The number of hydrogen-bond donors (Lipinski definition) is 0. The number of ether oxygens (including phenoxy) is 1. The van der Waals surface area contributed by atoms with Crippen LogP contribution in [0.2, 0.25) is 0 Å². The van der Waals surface area contributed by atoms with E-state index in [2.05, 4.69) is 4.18 Å². The fourth-order valence-corrected chi connectivity index (χ4v) is 2.47. The third-order valence-electron chi connectivity index (χ3n) is 3.11. The van der Waals surface area contributed by atoms with Crippen LogP contribution in [-0.2, 0) is 14.3 Å². The molecule has 0 bridgehead atoms. The minimum atomic E-state index is -5.59. The summed E-state index contributed by atoms with van der Waals surface area (Å²) in [4.78, 5) is 1.88. The van der Waals surface area contributed by atoms with Crippen LogP contribution < -0.4 is 9.64 Å². The summed E-state index contributed by atoms with van der Waals surface area (Å²) in [7, 11) is -4.05. The fourth-order valence-electron chi connectivity index (χ4n) is 1.94. The zero-order valence-corrected chi connectivity index (χ0v) is 14.4. The molecule has 0 aromatic heterocycles. The van der Waals surface area contributed by atoms with E-state index in [1.165, 1.54) is 6.08 Å². The molecule has 1 aliphatic rings. The molecule has 0 amide bonds. The lowest BCUT2D eigenvalue weighted by atomic mass is 10.2. The molecule has 0 saturated heterocycles. The fraction of sp³-hybridized carbons (Fsp3) is 0.467. The molecule has 0 atom stereocenters. The molecule has 0 unspecified atom stereocenters. The predicted molar refractivity (Wildman–Crippen MR) is 85.3 cm³/mol. The smallest absolute Gasteiger partial charge is 0.497 e. The van der Waals surface area contributed by atoms with Gasteiger partial charge in [-0.3, -0.25) is 0 Å². The van der Waals surface area contributed by atoms with Crippen molar-refractivity contribution in [3.63, 3.8) is 0 Å². The Kier molecular flexibility index (Phi) is 6.94. The molecular weight excluding hydrogens is 347 g/mol. The van der Waals surface area contributed by atoms with Crippen LogP contribution in [0.1, 0.15) is 20.3 Å². The molecular formula is C15H20F3NO4S. The van der Waals surface area contributed by atoms with E-state index in [0.29, 0.717) is 12.3 Å². The largest absolute Gasteiger partial charge is 0.534 e. The second kappa shape index (κ2) is 8.27. The predicted octanol–water partition coefficient (Wildman–Crippen LogP) is 3.68. The third-order valence-corrected chi connectivity index (χ3v) is 4.11. The van der Waals surface area contributed by atoms with Crippen molar-refractivity contribution in [2.45, 2.75) is 25.8 Å². The Morgan fingerprint density at radius 3 is 2.12 bits per heavy atom. The second-order valence-electron chi connectivity index (χ2n) is 4.55. The van der Waals surface area contributed by atoms with Crippen LogP contribution >= 0.6 is 0 Å². The van der Waals surface area contributed by atoms with Crippen molar-refractivity contribution < 1.29 is 30.5 Å². The highest BCUT2D eigenvalue weighted by atomic mass is 32.2. The highest BCUT2D eigenvalue weighted by Crippen LogP contribution is 2.29. The Bertz CT molecular complexity index is 654. The van der Waals surface area contributed by atoms with Crippen LogP contribution in [0.15, 0.2) is 36.1 Å². The summed E-state index contributed by atoms with van der Waals surface area (Å²) in [5, 5.41) is 0. The number of anilines is 1. The van der Waals surface area contributed by atoms with Crippen molar-refractivity contribution in [1.82, 2.24) is 0 Å². The molecule has 0 fully saturated rings. The molecule has 2 rings (SSSR count). The molecule has 0 aliphatic carbocycles. The summed E-state index contributed by atoms with van der Waals surface area (Å²) < 4.78 is 67.7. The molecule has 0 spiro atoms. The number of nitrogens with zero attached hydrogens (tertiary/aromatic N) is 1. The highest BCUT2D eigenvalue weighted by molar-refractivity contribution is 7.87. The van der Waals surface area contributed by atoms with Gasteiger partial charge in [0, 0.05) is 25.2 Å². The van der Waals surface area contributed by atoms with Crippen LogP contribution in [0.5, 0.6) is 5.75 Å². The standard InChI is InChI=1S/C13H14F3NO4S.C2H6/c1-20-11-4-2-10(3-5-11)17-8-6-12(7-9-17)21-22(18,19)13(14,15)16;1-2/h2-6H,7-9H2,1H3;1-2H3. The first-order valence-electron chi connectivity index (χ1n) is 7.32. The van der Waals surface area contributed by atoms with Crippen LogP contribution in [0.4, 0.5) is 18.9 Å². The van der Waals surface area contributed by atoms with Crippen molar-refractivity contribution in [2.75, 3.05) is 25.1 Å². The normalized spacial score (nSPS) is 15.1. The van der Waals surface area contributed by atoms with Gasteiger partial charge in [0.25, 0.3) is 0 Å². The van der Waals surface area contributed by atoms with E-state index in [4.69, 9.17) is 4.74 Å². The number of benzene rings is 1. The van der Waals surface area contributed by atoms with Crippen molar-refractivity contribution in [2.24, 2.45) is 0 Å². The van der Waals surface area contributed by atoms with Crippen LogP contribution in [0.3, 0.4) is 0 Å². The zero-order chi connectivity index (χ0) is 18.4. The summed E-state index contributed by atoms with van der Waals surface area (Å²) in [5.74, 6) is 0.499. The maximum Gasteiger partial charge on any atom is 0.534 e. The van der Waals surface area contributed by atoms with E-state index in [1.807, 2.05) is 30.9 Å². The molecule has 0 saturated carbocycles. The first kappa shape index (κ1) is 20.1. The summed E-state index contributed by atoms with van der Waals surface area (Å²) in [6.07, 6.45) is 1.40. The van der Waals surface area contributed by atoms with Gasteiger partial charge >= 0.3 is 15.6 Å². The van der Waals surface area contributed by atoms with Gasteiger partial charge in [0.1, 0.15) is 11.5 Å². The first-order valence-corrected chi connectivity index (χ1v) is 8.72. The summed E-state index contributed by atoms with van der Waals surface area (Å²) in [5.41, 5.74) is -4.56. The van der Waals surface area contributed by atoms with E-state index in [0.717, 1.165) is 5.69 Å². The average molecular weight is 367 g/mol. The topological polar surface area (TPSA) is 55.8 Å². The summed E-state index contributed by atoms with van der Waals surface area (Å²) >= 11 is 0. The second-order valence-corrected chi connectivity index (χ2v) is 6.09. The van der Waals surface area contributed by atoms with Crippen molar-refractivity contribution in [1.29, 1.82) is 0 Å². The lowest BCUT2D eigenvalue weighted by Gasteiger charge is -2.28. The Morgan fingerprint density at radius 1 is 1.12 bits per heavy atom. The molecule has 1 aromatic carbocycles. The summed E-state index contributed by atoms with van der Waals surface area (Å²) in [6.45, 7) is 4.61. The molecule has 1 aliphatic heterocycles. The lowest BCUT2D eigenvalue weighted by Crippen LogP contribution is -2.31. The van der Waals surface area contributed by atoms with Crippen LogP contribution in [0, 0.1) is 0 Å². The maximum atomic E-state index is 12.2. The van der Waals surface area contributed by atoms with Crippen LogP contribution in [-0.4, -0.2) is 34.1 Å². The Hall–Kier alpha value is -1.90. The Labute approximate surface area is 139 Å². The highest BCUT2D eigenvalue weighted by Gasteiger charge is 2.48. The van der Waals surface area contributed by atoms with Crippen molar-refractivity contribution in [3.8, 4) is 5.75 Å². The number of hydrogen-bond acceptors (Lipinski definition) is 5. The van der Waals surface area contributed by atoms with Gasteiger partial charge in [-0.15, -0.1) is 0 Å². The summed E-state index contributed by atoms with van der Waals surface area (Å²) in [6, 6.07) is 7.15. The molecule has 5 nitrogen and oxygen atoms in total. The molecule has 0 N–H and O–H groups in total. The number of alkyl halides is 3. The van der Waals surface area contributed by atoms with Gasteiger partial charge < -0.3 is 13.8 Å². The molecule has 136 valence electrons. The average Bonchev–Trinajstić information content (AvgIpc) is 2.56. The van der Waals surface area contributed by atoms with Crippen molar-refractivity contribution >= 4 is 15.8 Å². The Balaban J connectivity index is 0.00000139. The minimum Gasteiger partial charge on any atom is -0.497 e. The zero-order valence-electron chi connectivity index (χ0n) is 13.6. The quantitative estimate of drug-likeness (QED) is 0.600. The van der Waals surface area contributed by atoms with Gasteiger partial charge in [0.2, 0.25) is 0 Å². The number of halogens is 3. The third kappa shape index (κ3) is 5.05. The van der Waals surface area contributed by atoms with E-state index in [1.54, 1.807) is 19.2 Å². The molecule has 9 heteroatoms. The van der Waals surface area contributed by atoms with Gasteiger partial charge in [0.05, 0.1) is 7.11 Å². The van der Waals surface area contributed by atoms with E-state index >= 15 is 0 Å². The van der Waals surface area contributed by atoms with Gasteiger partial charge in [0.15, 0.2) is 0 Å². The number of rotatable bonds is 4. The first-order chi connectivity index (χ1) is 11.2. The SMILES string of the molecule is CC.COc1ccc(N2CC=C(OS(=O)(=O)C(F)(F)F)CC2)cc1. The lowest BCUT2D eigenvalue weighted by molar-refractivity contribution is -0.0523. The Morgan fingerprint density at radius 2 is 1.71 bits per heavy atom. The van der Waals surface area contributed by atoms with Gasteiger partial charge in [-0.1, -0.05) is 13.8 Å².